The van der Waals surface area contributed by atoms with Crippen LogP contribution in [0.4, 0.5) is 10.5 Å². The van der Waals surface area contributed by atoms with E-state index in [1.807, 2.05) is 27.7 Å². The summed E-state index contributed by atoms with van der Waals surface area (Å²) >= 11 is 0. The largest absolute Gasteiger partial charge is 0.444 e. The third-order valence-electron chi connectivity index (χ3n) is 3.69. The molecule has 0 saturated carbocycles. The van der Waals surface area contributed by atoms with Crippen LogP contribution in [-0.4, -0.2) is 30.8 Å². The van der Waals surface area contributed by atoms with Crippen molar-refractivity contribution in [3.63, 3.8) is 0 Å². The Morgan fingerprint density at radius 1 is 1.39 bits per heavy atom. The van der Waals surface area contributed by atoms with E-state index in [-0.39, 0.29) is 12.1 Å². The summed E-state index contributed by atoms with van der Waals surface area (Å²) in [7, 11) is 0. The smallest absolute Gasteiger partial charge is 0.407 e. The number of anilines is 1. The van der Waals surface area contributed by atoms with Crippen LogP contribution in [0, 0.1) is 0 Å². The van der Waals surface area contributed by atoms with Gasteiger partial charge in [-0.3, -0.25) is 0 Å². The van der Waals surface area contributed by atoms with E-state index in [2.05, 4.69) is 34.1 Å². The third-order valence-corrected chi connectivity index (χ3v) is 3.69. The lowest BCUT2D eigenvalue weighted by Crippen LogP contribution is -2.42. The Balaban J connectivity index is 1.78. The molecule has 1 amide bonds. The van der Waals surface area contributed by atoms with E-state index in [1.165, 1.54) is 23.2 Å². The summed E-state index contributed by atoms with van der Waals surface area (Å²) in [5.41, 5.74) is 3.49. The summed E-state index contributed by atoms with van der Waals surface area (Å²) in [6.45, 7) is 10.1. The molecule has 1 atom stereocenters. The number of carbonyl (C=O) groups is 1. The van der Waals surface area contributed by atoms with Gasteiger partial charge < -0.3 is 20.7 Å². The van der Waals surface area contributed by atoms with E-state index < -0.39 is 5.60 Å². The molecule has 3 N–H and O–H groups in total. The second kappa shape index (κ2) is 7.68. The molecule has 23 heavy (non-hydrogen) atoms. The number of fused-ring (bicyclic) bond motifs is 1. The molecule has 1 aliphatic rings. The summed E-state index contributed by atoms with van der Waals surface area (Å²) in [5, 5.41) is 9.75. The van der Waals surface area contributed by atoms with Crippen LogP contribution in [0.2, 0.25) is 0 Å². The van der Waals surface area contributed by atoms with Gasteiger partial charge >= 0.3 is 6.09 Å². The summed E-state index contributed by atoms with van der Waals surface area (Å²) in [6.07, 6.45) is 1.97. The molecular formula is C18H29N3O2. The van der Waals surface area contributed by atoms with Gasteiger partial charge in [-0.1, -0.05) is 18.2 Å². The molecule has 1 aliphatic heterocycles. The number of benzene rings is 1. The summed E-state index contributed by atoms with van der Waals surface area (Å²) < 4.78 is 5.26. The lowest BCUT2D eigenvalue weighted by molar-refractivity contribution is 0.0508. The molecule has 2 rings (SSSR count). The summed E-state index contributed by atoms with van der Waals surface area (Å²) in [5.74, 6) is 0. The van der Waals surface area contributed by atoms with Gasteiger partial charge in [-0.15, -0.1) is 0 Å². The average molecular weight is 319 g/mol. The van der Waals surface area contributed by atoms with Crippen molar-refractivity contribution in [2.75, 3.05) is 18.4 Å². The van der Waals surface area contributed by atoms with Gasteiger partial charge in [0.25, 0.3) is 0 Å². The first-order chi connectivity index (χ1) is 10.8. The first-order valence-electron chi connectivity index (χ1n) is 8.40. The van der Waals surface area contributed by atoms with Crippen LogP contribution in [0.3, 0.4) is 0 Å². The third kappa shape index (κ3) is 5.75. The average Bonchev–Trinajstić information content (AvgIpc) is 2.45. The number of hydrogen-bond acceptors (Lipinski definition) is 4. The summed E-state index contributed by atoms with van der Waals surface area (Å²) in [6, 6.07) is 6.47. The Hall–Kier alpha value is -1.75. The second-order valence-corrected chi connectivity index (χ2v) is 7.16. The molecule has 0 aliphatic carbocycles. The molecule has 0 spiro atoms. The molecular weight excluding hydrogens is 290 g/mol. The Bertz CT molecular complexity index is 538. The fraction of sp³-hybridized carbons (Fsp3) is 0.611. The van der Waals surface area contributed by atoms with Crippen LogP contribution in [-0.2, 0) is 17.7 Å². The van der Waals surface area contributed by atoms with Gasteiger partial charge in [-0.05, 0) is 51.7 Å². The zero-order chi connectivity index (χ0) is 16.9. The maximum Gasteiger partial charge on any atom is 0.407 e. The predicted octanol–water partition coefficient (Wildman–Crippen LogP) is 3.05. The normalized spacial score (nSPS) is 15.3. The number of carbonyl (C=O) groups excluding carboxylic acids is 1. The van der Waals surface area contributed by atoms with Crippen molar-refractivity contribution < 1.29 is 9.53 Å². The fourth-order valence-corrected chi connectivity index (χ4v) is 2.71. The topological polar surface area (TPSA) is 62.4 Å². The molecule has 5 nitrogen and oxygen atoms in total. The van der Waals surface area contributed by atoms with E-state index in [9.17, 15) is 4.79 Å². The van der Waals surface area contributed by atoms with Gasteiger partial charge in [0.15, 0.2) is 0 Å². The minimum atomic E-state index is -0.466. The first kappa shape index (κ1) is 17.6. The maximum atomic E-state index is 11.7. The Labute approximate surface area is 139 Å². The molecule has 5 heteroatoms. The highest BCUT2D eigenvalue weighted by Gasteiger charge is 2.17. The zero-order valence-corrected chi connectivity index (χ0v) is 14.7. The first-order valence-corrected chi connectivity index (χ1v) is 8.40. The lowest BCUT2D eigenvalue weighted by atomic mass is 9.99. The zero-order valence-electron chi connectivity index (χ0n) is 14.7. The van der Waals surface area contributed by atoms with Crippen LogP contribution in [0.25, 0.3) is 0 Å². The van der Waals surface area contributed by atoms with Gasteiger partial charge in [0.1, 0.15) is 5.60 Å². The molecule has 0 fully saturated rings. The second-order valence-electron chi connectivity index (χ2n) is 7.16. The molecule has 1 aromatic rings. The van der Waals surface area contributed by atoms with Crippen molar-refractivity contribution >= 4 is 11.8 Å². The maximum absolute atomic E-state index is 11.7. The molecule has 0 bridgehead atoms. The van der Waals surface area contributed by atoms with Crippen LogP contribution < -0.4 is 16.0 Å². The van der Waals surface area contributed by atoms with Crippen LogP contribution in [0.1, 0.15) is 45.2 Å². The van der Waals surface area contributed by atoms with Gasteiger partial charge in [-0.25, -0.2) is 4.79 Å². The number of para-hydroxylation sites is 1. The van der Waals surface area contributed by atoms with Crippen LogP contribution >= 0.6 is 0 Å². The minimum absolute atomic E-state index is 0.0114. The number of alkyl carbamates (subject to hydrolysis) is 1. The predicted molar refractivity (Wildman–Crippen MR) is 93.8 cm³/mol. The molecule has 1 heterocycles. The van der Waals surface area contributed by atoms with E-state index >= 15 is 0 Å². The van der Waals surface area contributed by atoms with Crippen molar-refractivity contribution in [1.82, 2.24) is 10.6 Å². The molecule has 1 unspecified atom stereocenters. The van der Waals surface area contributed by atoms with Crippen molar-refractivity contribution in [3.05, 3.63) is 29.3 Å². The molecule has 0 aromatic heterocycles. The Morgan fingerprint density at radius 3 is 2.91 bits per heavy atom. The van der Waals surface area contributed by atoms with Gasteiger partial charge in [0, 0.05) is 31.4 Å². The van der Waals surface area contributed by atoms with E-state index in [0.717, 1.165) is 19.5 Å². The van der Waals surface area contributed by atoms with Crippen LogP contribution in [0.5, 0.6) is 0 Å². The van der Waals surface area contributed by atoms with Crippen LogP contribution in [0.15, 0.2) is 18.2 Å². The number of nitrogens with one attached hydrogen (secondary N) is 3. The SMILES string of the molecule is CC(CNCc1cccc2c1NCCC2)NC(=O)OC(C)(C)C. The number of rotatable bonds is 5. The number of ether oxygens (including phenoxy) is 1. The summed E-state index contributed by atoms with van der Waals surface area (Å²) in [4.78, 5) is 11.7. The highest BCUT2D eigenvalue weighted by molar-refractivity contribution is 5.68. The van der Waals surface area contributed by atoms with Crippen molar-refractivity contribution in [3.8, 4) is 0 Å². The fourth-order valence-electron chi connectivity index (χ4n) is 2.71. The Morgan fingerprint density at radius 2 is 2.17 bits per heavy atom. The standard InChI is InChI=1S/C18H29N3O2/c1-13(21-17(22)23-18(2,3)4)11-19-12-15-8-5-7-14-9-6-10-20-16(14)15/h5,7-8,13,19-20H,6,9-12H2,1-4H3,(H,21,22). The quantitative estimate of drug-likeness (QED) is 0.780. The van der Waals surface area contributed by atoms with Crippen molar-refractivity contribution in [2.24, 2.45) is 0 Å². The van der Waals surface area contributed by atoms with Gasteiger partial charge in [0.2, 0.25) is 0 Å². The number of aryl methyl sites for hydroxylation is 1. The lowest BCUT2D eigenvalue weighted by Gasteiger charge is -2.23. The number of amides is 1. The molecule has 0 saturated heterocycles. The Kier molecular flexibility index (Phi) is 5.88. The molecule has 0 radical (unpaired) electrons. The monoisotopic (exact) mass is 319 g/mol. The van der Waals surface area contributed by atoms with E-state index in [0.29, 0.717) is 6.54 Å². The molecule has 1 aromatic carbocycles. The van der Waals surface area contributed by atoms with Crippen molar-refractivity contribution in [1.29, 1.82) is 0 Å². The van der Waals surface area contributed by atoms with Gasteiger partial charge in [0.05, 0.1) is 0 Å². The minimum Gasteiger partial charge on any atom is -0.444 e. The highest BCUT2D eigenvalue weighted by Crippen LogP contribution is 2.25. The van der Waals surface area contributed by atoms with Gasteiger partial charge in [-0.2, -0.15) is 0 Å². The highest BCUT2D eigenvalue weighted by atomic mass is 16.6. The number of hydrogen-bond donors (Lipinski definition) is 3. The van der Waals surface area contributed by atoms with Crippen molar-refractivity contribution in [2.45, 2.75) is 58.7 Å². The van der Waals surface area contributed by atoms with E-state index in [4.69, 9.17) is 4.74 Å². The van der Waals surface area contributed by atoms with E-state index in [1.54, 1.807) is 0 Å². The molecule has 128 valence electrons.